The third-order valence-electron chi connectivity index (χ3n) is 4.58. The van der Waals surface area contributed by atoms with Crippen LogP contribution in [-0.4, -0.2) is 29.3 Å². The molecule has 4 rings (SSSR count). The van der Waals surface area contributed by atoms with Crippen LogP contribution in [0.2, 0.25) is 0 Å². The SMILES string of the molecule is COc1ccc(-c2cc3cc(C(=O)O)c(=O)oc3c3cc(C(=O)O)c(=O)oc23)cc1. The first-order valence-electron chi connectivity index (χ1n) is 8.50. The van der Waals surface area contributed by atoms with Crippen molar-refractivity contribution >= 4 is 33.9 Å². The van der Waals surface area contributed by atoms with Gasteiger partial charge in [-0.05, 0) is 35.9 Å². The first-order chi connectivity index (χ1) is 14.3. The lowest BCUT2D eigenvalue weighted by Crippen LogP contribution is -2.14. The summed E-state index contributed by atoms with van der Waals surface area (Å²) in [6, 6.07) is 10.4. The molecule has 4 aromatic rings. The van der Waals surface area contributed by atoms with Gasteiger partial charge in [-0.3, -0.25) is 0 Å². The molecule has 30 heavy (non-hydrogen) atoms. The molecular weight excluding hydrogens is 396 g/mol. The number of carboxylic acids is 2. The Hall–Kier alpha value is -4.40. The van der Waals surface area contributed by atoms with Crippen LogP contribution in [-0.2, 0) is 0 Å². The molecule has 9 heteroatoms. The van der Waals surface area contributed by atoms with Gasteiger partial charge in [0.15, 0.2) is 0 Å². The standard InChI is InChI=1S/C21H12O9/c1-28-11-4-2-9(3-5-11)12-6-10-7-14(18(22)23)20(26)29-16(10)13-8-15(19(24)25)21(27)30-17(12)13/h2-8H,1H3,(H,22,23)(H,24,25). The average molecular weight is 408 g/mol. The molecule has 150 valence electrons. The summed E-state index contributed by atoms with van der Waals surface area (Å²) in [7, 11) is 1.50. The monoisotopic (exact) mass is 408 g/mol. The molecule has 0 saturated heterocycles. The number of carbonyl (C=O) groups is 2. The van der Waals surface area contributed by atoms with Crippen molar-refractivity contribution in [3.05, 3.63) is 74.4 Å². The lowest BCUT2D eigenvalue weighted by molar-refractivity contribution is 0.0681. The molecule has 2 N–H and O–H groups in total. The fourth-order valence-electron chi connectivity index (χ4n) is 3.15. The van der Waals surface area contributed by atoms with E-state index < -0.39 is 34.3 Å². The number of benzene rings is 2. The smallest absolute Gasteiger partial charge is 0.351 e. The van der Waals surface area contributed by atoms with E-state index in [9.17, 15) is 29.4 Å². The van der Waals surface area contributed by atoms with E-state index in [0.717, 1.165) is 12.1 Å². The normalized spacial score (nSPS) is 11.0. The Kier molecular flexibility index (Phi) is 4.35. The van der Waals surface area contributed by atoms with E-state index >= 15 is 0 Å². The zero-order valence-electron chi connectivity index (χ0n) is 15.3. The summed E-state index contributed by atoms with van der Waals surface area (Å²) in [5, 5.41) is 18.8. The molecule has 2 heterocycles. The molecule has 2 aromatic carbocycles. The highest BCUT2D eigenvalue weighted by molar-refractivity contribution is 6.11. The number of methoxy groups -OCH3 is 1. The maximum atomic E-state index is 12.2. The Morgan fingerprint density at radius 1 is 0.833 bits per heavy atom. The van der Waals surface area contributed by atoms with Crippen molar-refractivity contribution in [1.29, 1.82) is 0 Å². The lowest BCUT2D eigenvalue weighted by Gasteiger charge is -2.10. The van der Waals surface area contributed by atoms with Gasteiger partial charge in [-0.15, -0.1) is 0 Å². The second-order valence-corrected chi connectivity index (χ2v) is 6.32. The average Bonchev–Trinajstić information content (AvgIpc) is 2.72. The van der Waals surface area contributed by atoms with Gasteiger partial charge in [0, 0.05) is 10.9 Å². The second kappa shape index (κ2) is 6.89. The predicted molar refractivity (Wildman–Crippen MR) is 104 cm³/mol. The van der Waals surface area contributed by atoms with Crippen molar-refractivity contribution in [3.63, 3.8) is 0 Å². The van der Waals surface area contributed by atoms with Crippen molar-refractivity contribution in [2.75, 3.05) is 7.11 Å². The van der Waals surface area contributed by atoms with Gasteiger partial charge in [-0.1, -0.05) is 12.1 Å². The van der Waals surface area contributed by atoms with Crippen LogP contribution in [0.15, 0.2) is 60.9 Å². The molecule has 0 amide bonds. The van der Waals surface area contributed by atoms with Crippen LogP contribution in [0, 0.1) is 0 Å². The Bertz CT molecular complexity index is 1460. The largest absolute Gasteiger partial charge is 0.497 e. The number of carboxylic acid groups (broad SMARTS) is 2. The van der Waals surface area contributed by atoms with Gasteiger partial charge in [0.05, 0.1) is 12.5 Å². The van der Waals surface area contributed by atoms with Crippen LogP contribution in [0.1, 0.15) is 20.7 Å². The topological polar surface area (TPSA) is 144 Å². The zero-order chi connectivity index (χ0) is 21.6. The van der Waals surface area contributed by atoms with E-state index in [1.165, 1.54) is 13.2 Å². The fourth-order valence-corrected chi connectivity index (χ4v) is 3.15. The van der Waals surface area contributed by atoms with E-state index in [-0.39, 0.29) is 21.9 Å². The third kappa shape index (κ3) is 2.98. The number of rotatable bonds is 4. The highest BCUT2D eigenvalue weighted by atomic mass is 16.5. The molecule has 0 atom stereocenters. The number of hydrogen-bond acceptors (Lipinski definition) is 7. The summed E-state index contributed by atoms with van der Waals surface area (Å²) in [4.78, 5) is 47.0. The van der Waals surface area contributed by atoms with Crippen molar-refractivity contribution in [3.8, 4) is 16.9 Å². The summed E-state index contributed by atoms with van der Waals surface area (Å²) in [5.41, 5.74) is -2.57. The van der Waals surface area contributed by atoms with E-state index in [4.69, 9.17) is 13.6 Å². The highest BCUT2D eigenvalue weighted by Gasteiger charge is 2.21. The van der Waals surface area contributed by atoms with Gasteiger partial charge < -0.3 is 23.8 Å². The summed E-state index contributed by atoms with van der Waals surface area (Å²) in [6.07, 6.45) is 0. The first kappa shape index (κ1) is 18.9. The molecule has 0 aliphatic rings. The Morgan fingerprint density at radius 3 is 1.97 bits per heavy atom. The van der Waals surface area contributed by atoms with E-state index in [2.05, 4.69) is 0 Å². The zero-order valence-corrected chi connectivity index (χ0v) is 15.3. The quantitative estimate of drug-likeness (QED) is 0.384. The molecule has 0 aliphatic heterocycles. The number of hydrogen-bond donors (Lipinski definition) is 2. The Morgan fingerprint density at radius 2 is 1.40 bits per heavy atom. The van der Waals surface area contributed by atoms with E-state index in [0.29, 0.717) is 16.9 Å². The minimum Gasteiger partial charge on any atom is -0.497 e. The number of aromatic carboxylic acids is 2. The molecule has 0 unspecified atom stereocenters. The molecule has 0 radical (unpaired) electrons. The van der Waals surface area contributed by atoms with E-state index in [1.807, 2.05) is 0 Å². The van der Waals surface area contributed by atoms with Crippen LogP contribution in [0.4, 0.5) is 0 Å². The molecule has 0 fully saturated rings. The summed E-state index contributed by atoms with van der Waals surface area (Å²) < 4.78 is 15.6. The van der Waals surface area contributed by atoms with E-state index in [1.54, 1.807) is 24.3 Å². The van der Waals surface area contributed by atoms with Gasteiger partial charge in [0.2, 0.25) is 0 Å². The summed E-state index contributed by atoms with van der Waals surface area (Å²) in [6.45, 7) is 0. The van der Waals surface area contributed by atoms with Gasteiger partial charge in [0.25, 0.3) is 0 Å². The molecule has 0 bridgehead atoms. The van der Waals surface area contributed by atoms with Gasteiger partial charge >= 0.3 is 23.2 Å². The van der Waals surface area contributed by atoms with Crippen LogP contribution in [0.3, 0.4) is 0 Å². The Balaban J connectivity index is 2.18. The van der Waals surface area contributed by atoms with Crippen molar-refractivity contribution in [2.45, 2.75) is 0 Å². The minimum atomic E-state index is -1.52. The lowest BCUT2D eigenvalue weighted by atomic mass is 9.98. The first-order valence-corrected chi connectivity index (χ1v) is 8.50. The van der Waals surface area contributed by atoms with Crippen LogP contribution in [0.25, 0.3) is 33.1 Å². The summed E-state index contributed by atoms with van der Waals surface area (Å²) in [5.74, 6) is -2.40. The molecule has 0 spiro atoms. The fraction of sp³-hybridized carbons (Fsp3) is 0.0476. The molecule has 0 saturated carbocycles. The molecule has 9 nitrogen and oxygen atoms in total. The van der Waals surface area contributed by atoms with Gasteiger partial charge in [0.1, 0.15) is 28.0 Å². The predicted octanol–water partition coefficient (Wildman–Crippen LogP) is 2.97. The number of fused-ring (bicyclic) bond motifs is 3. The molecule has 2 aromatic heterocycles. The second-order valence-electron chi connectivity index (χ2n) is 6.32. The van der Waals surface area contributed by atoms with Crippen molar-refractivity contribution < 1.29 is 33.4 Å². The Labute approximate surface area is 166 Å². The van der Waals surface area contributed by atoms with Gasteiger partial charge in [-0.25, -0.2) is 19.2 Å². The van der Waals surface area contributed by atoms with Crippen LogP contribution >= 0.6 is 0 Å². The molecular formula is C21H12O9. The number of ether oxygens (including phenoxy) is 1. The third-order valence-corrected chi connectivity index (χ3v) is 4.58. The minimum absolute atomic E-state index is 0.00566. The molecule has 0 aliphatic carbocycles. The van der Waals surface area contributed by atoms with Crippen molar-refractivity contribution in [2.24, 2.45) is 0 Å². The van der Waals surface area contributed by atoms with Crippen LogP contribution < -0.4 is 16.0 Å². The van der Waals surface area contributed by atoms with Gasteiger partial charge in [-0.2, -0.15) is 0 Å². The highest BCUT2D eigenvalue weighted by Crippen LogP contribution is 2.35. The summed E-state index contributed by atoms with van der Waals surface area (Å²) >= 11 is 0. The maximum absolute atomic E-state index is 12.2. The van der Waals surface area contributed by atoms with Crippen molar-refractivity contribution in [1.82, 2.24) is 0 Å². The van der Waals surface area contributed by atoms with Crippen LogP contribution in [0.5, 0.6) is 5.75 Å². The maximum Gasteiger partial charge on any atom is 0.351 e.